The lowest BCUT2D eigenvalue weighted by Gasteiger charge is -2.21. The van der Waals surface area contributed by atoms with Gasteiger partial charge in [-0.3, -0.25) is 4.98 Å². The molecule has 3 aliphatic carbocycles. The van der Waals surface area contributed by atoms with Crippen molar-refractivity contribution in [1.29, 1.82) is 0 Å². The molecule has 0 bridgehead atoms. The highest BCUT2D eigenvalue weighted by Gasteiger charge is 2.54. The Bertz CT molecular complexity index is 1300. The van der Waals surface area contributed by atoms with Gasteiger partial charge in [-0.25, -0.2) is 4.39 Å². The second-order valence-electron chi connectivity index (χ2n) is 10.2. The van der Waals surface area contributed by atoms with Crippen LogP contribution in [0.4, 0.5) is 15.9 Å². The second kappa shape index (κ2) is 7.12. The fourth-order valence-electron chi connectivity index (χ4n) is 5.61. The summed E-state index contributed by atoms with van der Waals surface area (Å²) in [6.07, 6.45) is 7.05. The number of ether oxygens (including phenoxy) is 1. The number of halogens is 1. The first kappa shape index (κ1) is 20.1. The third-order valence-electron chi connectivity index (χ3n) is 7.91. The van der Waals surface area contributed by atoms with Crippen molar-refractivity contribution in [1.82, 2.24) is 15.0 Å². The molecular weight excluding hydrogens is 431 g/mol. The molecule has 3 N–H and O–H groups in total. The van der Waals surface area contributed by atoms with Gasteiger partial charge in [0.15, 0.2) is 0 Å². The summed E-state index contributed by atoms with van der Waals surface area (Å²) in [6.45, 7) is 1.59. The molecule has 3 fully saturated rings. The van der Waals surface area contributed by atoms with Crippen molar-refractivity contribution in [3.63, 3.8) is 0 Å². The molecule has 7 nitrogen and oxygen atoms in total. The van der Waals surface area contributed by atoms with Crippen LogP contribution >= 0.6 is 0 Å². The summed E-state index contributed by atoms with van der Waals surface area (Å²) in [7, 11) is 1.81. The number of rotatable bonds is 5. The van der Waals surface area contributed by atoms with Gasteiger partial charge < -0.3 is 20.7 Å². The van der Waals surface area contributed by atoms with Crippen LogP contribution in [0.1, 0.15) is 48.6 Å². The maximum atomic E-state index is 14.5. The number of fused-ring (bicyclic) bond motifs is 3. The molecule has 0 amide bonds. The monoisotopic (exact) mass is 458 g/mol. The predicted octanol–water partition coefficient (Wildman–Crippen LogP) is 4.22. The van der Waals surface area contributed by atoms with Gasteiger partial charge in [-0.1, -0.05) is 0 Å². The van der Waals surface area contributed by atoms with Crippen LogP contribution in [0.3, 0.4) is 0 Å². The fraction of sp³-hybridized carbons (Fsp3) is 0.423. The van der Waals surface area contributed by atoms with Crippen molar-refractivity contribution in [3.05, 3.63) is 53.2 Å². The molecule has 1 aromatic carbocycles. The summed E-state index contributed by atoms with van der Waals surface area (Å²) in [5.41, 5.74) is 12.2. The maximum absolute atomic E-state index is 14.5. The zero-order valence-electron chi connectivity index (χ0n) is 19.1. The van der Waals surface area contributed by atoms with E-state index in [1.54, 1.807) is 12.3 Å². The minimum absolute atomic E-state index is 0.114. The van der Waals surface area contributed by atoms with E-state index >= 15 is 0 Å². The molecule has 0 unspecified atom stereocenters. The Balaban J connectivity index is 1.31. The van der Waals surface area contributed by atoms with E-state index in [-0.39, 0.29) is 17.3 Å². The molecule has 4 aliphatic rings. The largest absolute Gasteiger partial charge is 0.423 e. The summed E-state index contributed by atoms with van der Waals surface area (Å²) in [6, 6.07) is 7.49. The van der Waals surface area contributed by atoms with Crippen molar-refractivity contribution >= 4 is 11.5 Å². The molecule has 34 heavy (non-hydrogen) atoms. The van der Waals surface area contributed by atoms with Gasteiger partial charge in [-0.05, 0) is 61.1 Å². The first-order valence-electron chi connectivity index (χ1n) is 12.1. The van der Waals surface area contributed by atoms with E-state index in [0.29, 0.717) is 24.1 Å². The standard InChI is InChI=1S/C26H27FN6O/c1-29-20-9-15(27)8-18-17(20)10-21-23(18)24(33-12-22(28)26(13-33)6-7-26)32-25(31-21)34-16-4-5-19(30-11-16)14-2-3-14/h4-5,8-9,11,14,22,29H,2-3,6-7,10,12-13,28H2,1H3/t22-/m0/s1. The quantitative estimate of drug-likeness (QED) is 0.463. The number of aromatic nitrogens is 3. The first-order valence-corrected chi connectivity index (χ1v) is 12.1. The van der Waals surface area contributed by atoms with Crippen molar-refractivity contribution in [2.24, 2.45) is 11.1 Å². The van der Waals surface area contributed by atoms with E-state index in [2.05, 4.69) is 15.2 Å². The van der Waals surface area contributed by atoms with Crippen molar-refractivity contribution in [2.75, 3.05) is 30.4 Å². The SMILES string of the molecule is CNc1cc(F)cc2c1Cc1nc(Oc3ccc(C4CC4)nc3)nc(N3C[C@H](N)C4(CC4)C3)c1-2. The average molecular weight is 459 g/mol. The van der Waals surface area contributed by atoms with Crippen molar-refractivity contribution in [3.8, 4) is 22.9 Å². The molecule has 8 heteroatoms. The number of hydrogen-bond acceptors (Lipinski definition) is 7. The van der Waals surface area contributed by atoms with Crippen LogP contribution in [0.25, 0.3) is 11.1 Å². The van der Waals surface area contributed by atoms with Crippen LogP contribution in [-0.2, 0) is 6.42 Å². The number of nitrogens with one attached hydrogen (secondary N) is 1. The molecule has 1 aliphatic heterocycles. The van der Waals surface area contributed by atoms with Gasteiger partial charge in [0.1, 0.15) is 17.4 Å². The van der Waals surface area contributed by atoms with E-state index in [1.165, 1.54) is 18.9 Å². The van der Waals surface area contributed by atoms with E-state index in [0.717, 1.165) is 65.5 Å². The molecule has 7 rings (SSSR count). The topological polar surface area (TPSA) is 89.2 Å². The Morgan fingerprint density at radius 3 is 2.74 bits per heavy atom. The van der Waals surface area contributed by atoms with Gasteiger partial charge >= 0.3 is 6.01 Å². The number of nitrogens with two attached hydrogens (primary N) is 1. The van der Waals surface area contributed by atoms with Gasteiger partial charge in [-0.2, -0.15) is 9.97 Å². The Hall–Kier alpha value is -3.26. The normalized spacial score (nSPS) is 21.5. The summed E-state index contributed by atoms with van der Waals surface area (Å²) < 4.78 is 20.6. The molecule has 3 aromatic rings. The van der Waals surface area contributed by atoms with Crippen LogP contribution in [0.5, 0.6) is 11.8 Å². The van der Waals surface area contributed by atoms with Gasteiger partial charge in [0.2, 0.25) is 0 Å². The highest BCUT2D eigenvalue weighted by Crippen LogP contribution is 2.54. The van der Waals surface area contributed by atoms with Crippen LogP contribution in [-0.4, -0.2) is 41.1 Å². The van der Waals surface area contributed by atoms with Crippen LogP contribution < -0.4 is 20.7 Å². The fourth-order valence-corrected chi connectivity index (χ4v) is 5.61. The predicted molar refractivity (Wildman–Crippen MR) is 128 cm³/mol. The van der Waals surface area contributed by atoms with Crippen molar-refractivity contribution < 1.29 is 9.13 Å². The average Bonchev–Trinajstić information content (AvgIpc) is 3.74. The molecule has 1 atom stereocenters. The van der Waals surface area contributed by atoms with Crippen LogP contribution in [0.15, 0.2) is 30.5 Å². The second-order valence-corrected chi connectivity index (χ2v) is 10.2. The van der Waals surface area contributed by atoms with Crippen LogP contribution in [0, 0.1) is 11.2 Å². The number of pyridine rings is 1. The molecule has 0 radical (unpaired) electrons. The van der Waals surface area contributed by atoms with E-state index in [4.69, 9.17) is 20.4 Å². The lowest BCUT2D eigenvalue weighted by Crippen LogP contribution is -2.30. The van der Waals surface area contributed by atoms with E-state index < -0.39 is 0 Å². The first-order chi connectivity index (χ1) is 16.5. The van der Waals surface area contributed by atoms with Gasteiger partial charge in [0, 0.05) is 60.9 Å². The van der Waals surface area contributed by atoms with Crippen LogP contribution in [0.2, 0.25) is 0 Å². The molecule has 174 valence electrons. The summed E-state index contributed by atoms with van der Waals surface area (Å²) in [4.78, 5) is 16.4. The lowest BCUT2D eigenvalue weighted by atomic mass is 10.0. The Kier molecular flexibility index (Phi) is 4.22. The van der Waals surface area contributed by atoms with E-state index in [9.17, 15) is 4.39 Å². The van der Waals surface area contributed by atoms with Gasteiger partial charge in [0.25, 0.3) is 0 Å². The molecule has 2 saturated carbocycles. The summed E-state index contributed by atoms with van der Waals surface area (Å²) in [5.74, 6) is 1.71. The van der Waals surface area contributed by atoms with Gasteiger partial charge in [-0.15, -0.1) is 0 Å². The molecule has 1 saturated heterocycles. The zero-order chi connectivity index (χ0) is 23.0. The molecule has 3 heterocycles. The van der Waals surface area contributed by atoms with E-state index in [1.807, 2.05) is 19.2 Å². The summed E-state index contributed by atoms with van der Waals surface area (Å²) in [5, 5.41) is 3.13. The number of nitrogens with zero attached hydrogens (tertiary/aromatic N) is 4. The lowest BCUT2D eigenvalue weighted by molar-refractivity contribution is 0.438. The Morgan fingerprint density at radius 1 is 1.21 bits per heavy atom. The van der Waals surface area contributed by atoms with Crippen molar-refractivity contribution in [2.45, 2.75) is 44.1 Å². The third-order valence-corrected chi connectivity index (χ3v) is 7.91. The number of anilines is 2. The number of hydrogen-bond donors (Lipinski definition) is 2. The summed E-state index contributed by atoms with van der Waals surface area (Å²) >= 11 is 0. The zero-order valence-corrected chi connectivity index (χ0v) is 19.1. The van der Waals surface area contributed by atoms with Gasteiger partial charge in [0.05, 0.1) is 11.9 Å². The highest BCUT2D eigenvalue weighted by molar-refractivity contribution is 5.88. The smallest absolute Gasteiger partial charge is 0.324 e. The minimum atomic E-state index is -0.277. The minimum Gasteiger partial charge on any atom is -0.423 e. The maximum Gasteiger partial charge on any atom is 0.324 e. The third kappa shape index (κ3) is 3.15. The Morgan fingerprint density at radius 2 is 2.06 bits per heavy atom. The molecule has 1 spiro atoms. The molecular formula is C26H27FN6O. The number of benzene rings is 1. The highest BCUT2D eigenvalue weighted by atomic mass is 19.1. The molecule has 2 aromatic heterocycles. The Labute approximate surface area is 197 Å².